The highest BCUT2D eigenvalue weighted by Crippen LogP contribution is 2.14. The molecule has 104 valence electrons. The Morgan fingerprint density at radius 3 is 2.47 bits per heavy atom. The van der Waals surface area contributed by atoms with Crippen LogP contribution in [0.3, 0.4) is 0 Å². The van der Waals surface area contributed by atoms with Crippen molar-refractivity contribution < 1.29 is 14.7 Å². The van der Waals surface area contributed by atoms with Crippen LogP contribution in [-0.4, -0.2) is 23.5 Å². The van der Waals surface area contributed by atoms with E-state index in [2.05, 4.69) is 5.32 Å². The Balaban J connectivity index is 2.19. The number of carbonyl (C=O) groups excluding carboxylic acids is 1. The van der Waals surface area contributed by atoms with E-state index in [0.29, 0.717) is 13.0 Å². The number of carbonyl (C=O) groups is 2. The van der Waals surface area contributed by atoms with Crippen LogP contribution in [0.1, 0.15) is 44.1 Å². The summed E-state index contributed by atoms with van der Waals surface area (Å²) in [7, 11) is 0. The smallest absolute Gasteiger partial charge is 0.303 e. The van der Waals surface area contributed by atoms with E-state index in [9.17, 15) is 9.59 Å². The third-order valence-corrected chi connectivity index (χ3v) is 3.06. The average molecular weight is 263 g/mol. The number of aliphatic carboxylic acids is 1. The fraction of sp³-hybridized carbons (Fsp3) is 0.467. The van der Waals surface area contributed by atoms with Crippen LogP contribution in [0, 0.1) is 0 Å². The van der Waals surface area contributed by atoms with E-state index in [0.717, 1.165) is 18.4 Å². The summed E-state index contributed by atoms with van der Waals surface area (Å²) in [5, 5.41) is 11.4. The molecule has 0 aliphatic carbocycles. The maximum atomic E-state index is 11.9. The van der Waals surface area contributed by atoms with Crippen LogP contribution < -0.4 is 5.32 Å². The molecule has 2 N–H and O–H groups in total. The molecule has 0 spiro atoms. The molecule has 4 heteroatoms. The topological polar surface area (TPSA) is 66.4 Å². The molecular weight excluding hydrogens is 242 g/mol. The predicted octanol–water partition coefficient (Wildman–Crippen LogP) is 2.55. The van der Waals surface area contributed by atoms with Crippen molar-refractivity contribution in [3.8, 4) is 0 Å². The second kappa shape index (κ2) is 8.29. The minimum absolute atomic E-state index is 0.0180. The van der Waals surface area contributed by atoms with Gasteiger partial charge in [-0.3, -0.25) is 9.59 Å². The molecular formula is C15H21NO3. The van der Waals surface area contributed by atoms with Crippen molar-refractivity contribution in [1.82, 2.24) is 5.32 Å². The highest BCUT2D eigenvalue weighted by Gasteiger charge is 2.13. The van der Waals surface area contributed by atoms with Crippen LogP contribution in [0.5, 0.6) is 0 Å². The van der Waals surface area contributed by atoms with Crippen LogP contribution in [0.25, 0.3) is 0 Å². The van der Waals surface area contributed by atoms with Gasteiger partial charge in [-0.15, -0.1) is 0 Å². The van der Waals surface area contributed by atoms with Gasteiger partial charge in [0.25, 0.3) is 0 Å². The Hall–Kier alpha value is -1.84. The summed E-state index contributed by atoms with van der Waals surface area (Å²) >= 11 is 0. The largest absolute Gasteiger partial charge is 0.481 e. The molecule has 0 radical (unpaired) electrons. The van der Waals surface area contributed by atoms with Crippen molar-refractivity contribution >= 4 is 11.9 Å². The molecule has 1 atom stereocenters. The van der Waals surface area contributed by atoms with Crippen LogP contribution in [0.4, 0.5) is 0 Å². The van der Waals surface area contributed by atoms with Gasteiger partial charge < -0.3 is 10.4 Å². The summed E-state index contributed by atoms with van der Waals surface area (Å²) in [5.74, 6) is -0.897. The maximum absolute atomic E-state index is 11.9. The van der Waals surface area contributed by atoms with E-state index in [4.69, 9.17) is 5.11 Å². The van der Waals surface area contributed by atoms with E-state index in [1.54, 1.807) is 0 Å². The van der Waals surface area contributed by atoms with Gasteiger partial charge in [0, 0.05) is 13.0 Å². The fourth-order valence-electron chi connectivity index (χ4n) is 1.84. The Kier molecular flexibility index (Phi) is 6.64. The third-order valence-electron chi connectivity index (χ3n) is 3.06. The first-order chi connectivity index (χ1) is 9.11. The van der Waals surface area contributed by atoms with E-state index in [-0.39, 0.29) is 18.2 Å². The van der Waals surface area contributed by atoms with Gasteiger partial charge in [-0.1, -0.05) is 36.8 Å². The molecule has 0 aliphatic heterocycles. The number of benzene rings is 1. The molecule has 1 aromatic carbocycles. The van der Waals surface area contributed by atoms with Gasteiger partial charge in [-0.25, -0.2) is 0 Å². The highest BCUT2D eigenvalue weighted by molar-refractivity contribution is 5.83. The summed E-state index contributed by atoms with van der Waals surface area (Å²) in [6.45, 7) is 2.49. The van der Waals surface area contributed by atoms with Crippen molar-refractivity contribution in [2.75, 3.05) is 6.54 Å². The molecule has 0 aromatic heterocycles. The quantitative estimate of drug-likeness (QED) is 0.708. The first-order valence-electron chi connectivity index (χ1n) is 6.65. The van der Waals surface area contributed by atoms with E-state index in [1.165, 1.54) is 0 Å². The summed E-state index contributed by atoms with van der Waals surface area (Å²) in [6, 6.07) is 9.65. The lowest BCUT2D eigenvalue weighted by Gasteiger charge is -2.12. The summed E-state index contributed by atoms with van der Waals surface area (Å²) in [5.41, 5.74) is 1.01. The van der Waals surface area contributed by atoms with Crippen LogP contribution in [-0.2, 0) is 9.59 Å². The molecule has 0 saturated carbocycles. The molecule has 0 aliphatic rings. The van der Waals surface area contributed by atoms with Gasteiger partial charge in [0.2, 0.25) is 5.91 Å². The maximum Gasteiger partial charge on any atom is 0.303 e. The molecule has 1 aromatic rings. The zero-order chi connectivity index (χ0) is 14.1. The van der Waals surface area contributed by atoms with Gasteiger partial charge in [0.15, 0.2) is 0 Å². The molecule has 0 unspecified atom stereocenters. The van der Waals surface area contributed by atoms with Crippen LogP contribution in [0.2, 0.25) is 0 Å². The van der Waals surface area contributed by atoms with Crippen molar-refractivity contribution in [3.05, 3.63) is 35.9 Å². The van der Waals surface area contributed by atoms with Gasteiger partial charge in [-0.05, 0) is 25.3 Å². The van der Waals surface area contributed by atoms with Crippen LogP contribution >= 0.6 is 0 Å². The summed E-state index contributed by atoms with van der Waals surface area (Å²) < 4.78 is 0. The molecule has 0 bridgehead atoms. The van der Waals surface area contributed by atoms with E-state index < -0.39 is 5.97 Å². The molecule has 0 saturated heterocycles. The van der Waals surface area contributed by atoms with Crippen molar-refractivity contribution in [2.24, 2.45) is 0 Å². The average Bonchev–Trinajstić information content (AvgIpc) is 2.42. The number of hydrogen-bond donors (Lipinski definition) is 2. The lowest BCUT2D eigenvalue weighted by molar-refractivity contribution is -0.137. The third kappa shape index (κ3) is 6.04. The van der Waals surface area contributed by atoms with Crippen LogP contribution in [0.15, 0.2) is 30.3 Å². The molecule has 0 heterocycles. The second-order valence-corrected chi connectivity index (χ2v) is 4.63. The second-order valence-electron chi connectivity index (χ2n) is 4.63. The van der Waals surface area contributed by atoms with Crippen molar-refractivity contribution in [3.63, 3.8) is 0 Å². The highest BCUT2D eigenvalue weighted by atomic mass is 16.4. The number of nitrogens with one attached hydrogen (secondary N) is 1. The van der Waals surface area contributed by atoms with Gasteiger partial charge in [0.1, 0.15) is 0 Å². The standard InChI is InChI=1S/C15H21NO3/c1-12(13-8-4-2-5-9-13)15(19)16-11-7-3-6-10-14(17)18/h2,4-5,8-9,12H,3,6-7,10-11H2,1H3,(H,16,19)(H,17,18)/t12-/m1/s1. The molecule has 4 nitrogen and oxygen atoms in total. The van der Waals surface area contributed by atoms with Gasteiger partial charge >= 0.3 is 5.97 Å². The Morgan fingerprint density at radius 1 is 1.16 bits per heavy atom. The Bertz CT molecular complexity index is 403. The van der Waals surface area contributed by atoms with E-state index in [1.807, 2.05) is 37.3 Å². The Labute approximate surface area is 113 Å². The first-order valence-corrected chi connectivity index (χ1v) is 6.65. The SMILES string of the molecule is C[C@@H](C(=O)NCCCCCC(=O)O)c1ccccc1. The summed E-state index contributed by atoms with van der Waals surface area (Å²) in [6.07, 6.45) is 2.51. The number of hydrogen-bond acceptors (Lipinski definition) is 2. The minimum Gasteiger partial charge on any atom is -0.481 e. The summed E-state index contributed by atoms with van der Waals surface area (Å²) in [4.78, 5) is 22.2. The monoisotopic (exact) mass is 263 g/mol. The fourth-order valence-corrected chi connectivity index (χ4v) is 1.84. The van der Waals surface area contributed by atoms with Crippen molar-refractivity contribution in [2.45, 2.75) is 38.5 Å². The van der Waals surface area contributed by atoms with Gasteiger partial charge in [0.05, 0.1) is 5.92 Å². The number of carboxylic acids is 1. The predicted molar refractivity (Wildman–Crippen MR) is 74.0 cm³/mol. The zero-order valence-electron chi connectivity index (χ0n) is 11.3. The number of carboxylic acid groups (broad SMARTS) is 1. The molecule has 19 heavy (non-hydrogen) atoms. The molecule has 0 fully saturated rings. The number of amides is 1. The first kappa shape index (κ1) is 15.2. The van der Waals surface area contributed by atoms with Gasteiger partial charge in [-0.2, -0.15) is 0 Å². The lowest BCUT2D eigenvalue weighted by Crippen LogP contribution is -2.28. The number of unbranched alkanes of at least 4 members (excludes halogenated alkanes) is 2. The normalized spacial score (nSPS) is 11.8. The zero-order valence-corrected chi connectivity index (χ0v) is 11.3. The Morgan fingerprint density at radius 2 is 1.84 bits per heavy atom. The minimum atomic E-state index is -0.762. The lowest BCUT2D eigenvalue weighted by atomic mass is 10.0. The molecule has 1 rings (SSSR count). The molecule has 1 amide bonds. The number of rotatable bonds is 8. The van der Waals surface area contributed by atoms with Crippen molar-refractivity contribution in [1.29, 1.82) is 0 Å². The van der Waals surface area contributed by atoms with E-state index >= 15 is 0 Å².